The second kappa shape index (κ2) is 2.38. The maximum absolute atomic E-state index is 9.52. The standard InChI is InChI=1S/C9H9NOS/c1-5-4-7(11)6-2-3-12-9(6)8(5)10/h2-4,11H,10H2,1H3. The van der Waals surface area contributed by atoms with Crippen LogP contribution in [0.25, 0.3) is 10.1 Å². The molecule has 62 valence electrons. The lowest BCUT2D eigenvalue weighted by atomic mass is 10.1. The molecule has 0 saturated heterocycles. The van der Waals surface area contributed by atoms with E-state index in [-0.39, 0.29) is 0 Å². The molecule has 3 heteroatoms. The van der Waals surface area contributed by atoms with E-state index in [0.29, 0.717) is 5.75 Å². The Kier molecular flexibility index (Phi) is 1.48. The zero-order chi connectivity index (χ0) is 8.72. The highest BCUT2D eigenvalue weighted by Gasteiger charge is 2.06. The van der Waals surface area contributed by atoms with Gasteiger partial charge in [-0.1, -0.05) is 0 Å². The number of benzene rings is 1. The molecule has 1 aromatic carbocycles. The van der Waals surface area contributed by atoms with Crippen LogP contribution in [0.4, 0.5) is 5.69 Å². The van der Waals surface area contributed by atoms with E-state index in [1.54, 1.807) is 17.4 Å². The van der Waals surface area contributed by atoms with E-state index in [9.17, 15) is 5.11 Å². The molecule has 2 aromatic rings. The highest BCUT2D eigenvalue weighted by atomic mass is 32.1. The van der Waals surface area contributed by atoms with Crippen LogP contribution in [0.5, 0.6) is 5.75 Å². The van der Waals surface area contributed by atoms with Gasteiger partial charge in [-0.15, -0.1) is 11.3 Å². The average molecular weight is 179 g/mol. The van der Waals surface area contributed by atoms with E-state index in [1.807, 2.05) is 18.4 Å². The summed E-state index contributed by atoms with van der Waals surface area (Å²) >= 11 is 1.56. The Morgan fingerprint density at radius 2 is 2.25 bits per heavy atom. The second-order valence-corrected chi connectivity index (χ2v) is 3.71. The van der Waals surface area contributed by atoms with Crippen LogP contribution in [0, 0.1) is 6.92 Å². The summed E-state index contributed by atoms with van der Waals surface area (Å²) in [5, 5.41) is 12.3. The van der Waals surface area contributed by atoms with Crippen LogP contribution in [-0.4, -0.2) is 5.11 Å². The van der Waals surface area contributed by atoms with Crippen LogP contribution < -0.4 is 5.73 Å². The molecule has 1 aromatic heterocycles. The second-order valence-electron chi connectivity index (χ2n) is 2.79. The minimum absolute atomic E-state index is 0.318. The topological polar surface area (TPSA) is 46.2 Å². The zero-order valence-corrected chi connectivity index (χ0v) is 7.48. The number of nitrogen functional groups attached to an aromatic ring is 1. The first kappa shape index (κ1) is 7.43. The van der Waals surface area contributed by atoms with Crippen molar-refractivity contribution in [2.45, 2.75) is 6.92 Å². The molecule has 2 rings (SSSR count). The van der Waals surface area contributed by atoms with Crippen molar-refractivity contribution in [1.29, 1.82) is 0 Å². The number of hydrogen-bond acceptors (Lipinski definition) is 3. The fourth-order valence-electron chi connectivity index (χ4n) is 1.26. The van der Waals surface area contributed by atoms with Gasteiger partial charge in [-0.3, -0.25) is 0 Å². The lowest BCUT2D eigenvalue weighted by molar-refractivity contribution is 0.481. The number of phenols is 1. The summed E-state index contributed by atoms with van der Waals surface area (Å²) in [7, 11) is 0. The first-order valence-electron chi connectivity index (χ1n) is 3.65. The number of aromatic hydroxyl groups is 1. The monoisotopic (exact) mass is 179 g/mol. The highest BCUT2D eigenvalue weighted by molar-refractivity contribution is 7.17. The molecule has 0 saturated carbocycles. The summed E-state index contributed by atoms with van der Waals surface area (Å²) in [5.41, 5.74) is 7.54. The minimum atomic E-state index is 0.318. The summed E-state index contributed by atoms with van der Waals surface area (Å²) in [6.45, 7) is 1.90. The maximum Gasteiger partial charge on any atom is 0.124 e. The SMILES string of the molecule is Cc1cc(O)c2ccsc2c1N. The van der Waals surface area contributed by atoms with Crippen LogP contribution in [0.15, 0.2) is 17.5 Å². The lowest BCUT2D eigenvalue weighted by Gasteiger charge is -2.02. The van der Waals surface area contributed by atoms with E-state index in [2.05, 4.69) is 0 Å². The summed E-state index contributed by atoms with van der Waals surface area (Å²) in [6.07, 6.45) is 0. The summed E-state index contributed by atoms with van der Waals surface area (Å²) < 4.78 is 0.979. The molecule has 0 aliphatic heterocycles. The Bertz CT molecular complexity index is 433. The number of anilines is 1. The van der Waals surface area contributed by atoms with E-state index in [0.717, 1.165) is 21.3 Å². The van der Waals surface area contributed by atoms with Crippen molar-refractivity contribution in [2.24, 2.45) is 0 Å². The quantitative estimate of drug-likeness (QED) is 0.482. The molecule has 12 heavy (non-hydrogen) atoms. The van der Waals surface area contributed by atoms with Crippen molar-refractivity contribution in [3.8, 4) is 5.75 Å². The Balaban J connectivity index is 2.97. The molecule has 0 atom stereocenters. The number of phenolic OH excluding ortho intramolecular Hbond substituents is 1. The molecule has 0 aliphatic carbocycles. The van der Waals surface area contributed by atoms with Crippen molar-refractivity contribution < 1.29 is 5.11 Å². The largest absolute Gasteiger partial charge is 0.507 e. The highest BCUT2D eigenvalue weighted by Crippen LogP contribution is 2.35. The third kappa shape index (κ3) is 0.865. The van der Waals surface area contributed by atoms with E-state index in [4.69, 9.17) is 5.73 Å². The fourth-order valence-corrected chi connectivity index (χ4v) is 2.19. The van der Waals surface area contributed by atoms with E-state index >= 15 is 0 Å². The molecular formula is C9H9NOS. The number of nitrogens with two attached hydrogens (primary N) is 1. The van der Waals surface area contributed by atoms with Gasteiger partial charge in [-0.2, -0.15) is 0 Å². The predicted octanol–water partition coefficient (Wildman–Crippen LogP) is 2.50. The zero-order valence-electron chi connectivity index (χ0n) is 6.66. The maximum atomic E-state index is 9.52. The van der Waals surface area contributed by atoms with Crippen LogP contribution in [0.3, 0.4) is 0 Å². The van der Waals surface area contributed by atoms with Crippen LogP contribution >= 0.6 is 11.3 Å². The van der Waals surface area contributed by atoms with Gasteiger partial charge >= 0.3 is 0 Å². The molecule has 2 nitrogen and oxygen atoms in total. The first-order valence-corrected chi connectivity index (χ1v) is 4.53. The summed E-state index contributed by atoms with van der Waals surface area (Å²) in [6, 6.07) is 3.58. The molecule has 0 aliphatic rings. The van der Waals surface area contributed by atoms with Crippen molar-refractivity contribution in [3.63, 3.8) is 0 Å². The molecule has 0 amide bonds. The summed E-state index contributed by atoms with van der Waals surface area (Å²) in [5.74, 6) is 0.318. The van der Waals surface area contributed by atoms with Crippen LogP contribution in [-0.2, 0) is 0 Å². The Labute approximate surface area is 74.3 Å². The van der Waals surface area contributed by atoms with Crippen molar-refractivity contribution in [2.75, 3.05) is 5.73 Å². The van der Waals surface area contributed by atoms with Gasteiger partial charge in [-0.05, 0) is 30.0 Å². The van der Waals surface area contributed by atoms with Crippen LogP contribution in [0.2, 0.25) is 0 Å². The number of thiophene rings is 1. The Morgan fingerprint density at radius 1 is 1.50 bits per heavy atom. The van der Waals surface area contributed by atoms with Gasteiger partial charge in [0.1, 0.15) is 5.75 Å². The minimum Gasteiger partial charge on any atom is -0.507 e. The molecule has 0 unspecified atom stereocenters. The van der Waals surface area contributed by atoms with Gasteiger partial charge in [-0.25, -0.2) is 0 Å². The van der Waals surface area contributed by atoms with Crippen molar-refractivity contribution in [3.05, 3.63) is 23.1 Å². The number of rotatable bonds is 0. The lowest BCUT2D eigenvalue weighted by Crippen LogP contribution is -1.88. The number of fused-ring (bicyclic) bond motifs is 1. The fraction of sp³-hybridized carbons (Fsp3) is 0.111. The predicted molar refractivity (Wildman–Crippen MR) is 52.6 cm³/mol. The van der Waals surface area contributed by atoms with Crippen molar-refractivity contribution in [1.82, 2.24) is 0 Å². The average Bonchev–Trinajstić information content (AvgIpc) is 2.48. The third-order valence-corrected chi connectivity index (χ3v) is 2.91. The molecular weight excluding hydrogens is 170 g/mol. The first-order chi connectivity index (χ1) is 5.70. The van der Waals surface area contributed by atoms with Gasteiger partial charge < -0.3 is 10.8 Å². The summed E-state index contributed by atoms with van der Waals surface area (Å²) in [4.78, 5) is 0. The van der Waals surface area contributed by atoms with Gasteiger partial charge in [0.15, 0.2) is 0 Å². The molecule has 1 heterocycles. The smallest absolute Gasteiger partial charge is 0.124 e. The molecule has 0 fully saturated rings. The van der Waals surface area contributed by atoms with Gasteiger partial charge in [0.2, 0.25) is 0 Å². The van der Waals surface area contributed by atoms with Crippen molar-refractivity contribution >= 4 is 27.1 Å². The Hall–Kier alpha value is -1.22. The number of aryl methyl sites for hydroxylation is 1. The molecule has 0 radical (unpaired) electrons. The van der Waals surface area contributed by atoms with Gasteiger partial charge in [0.05, 0.1) is 10.4 Å². The third-order valence-electron chi connectivity index (χ3n) is 1.96. The molecule has 3 N–H and O–H groups in total. The van der Waals surface area contributed by atoms with Gasteiger partial charge in [0.25, 0.3) is 0 Å². The molecule has 0 bridgehead atoms. The van der Waals surface area contributed by atoms with E-state index < -0.39 is 0 Å². The van der Waals surface area contributed by atoms with E-state index in [1.165, 1.54) is 0 Å². The van der Waals surface area contributed by atoms with Crippen LogP contribution in [0.1, 0.15) is 5.56 Å². The Morgan fingerprint density at radius 3 is 3.00 bits per heavy atom. The normalized spacial score (nSPS) is 10.8. The number of hydrogen-bond donors (Lipinski definition) is 2. The molecule has 0 spiro atoms. The van der Waals surface area contributed by atoms with Gasteiger partial charge in [0, 0.05) is 5.39 Å².